The first kappa shape index (κ1) is 35.0. The minimum Gasteiger partial charge on any atom is -0.469 e. The Morgan fingerprint density at radius 2 is 1.69 bits per heavy atom. The Morgan fingerprint density at radius 3 is 2.38 bits per heavy atom. The summed E-state index contributed by atoms with van der Waals surface area (Å²) in [5, 5.41) is 14.0. The molecule has 48 heavy (non-hydrogen) atoms. The summed E-state index contributed by atoms with van der Waals surface area (Å²) in [6, 6.07) is 8.44. The van der Waals surface area contributed by atoms with Gasteiger partial charge in [-0.15, -0.1) is 0 Å². The number of aliphatic hydroxyl groups is 1. The van der Waals surface area contributed by atoms with Gasteiger partial charge in [0, 0.05) is 75.9 Å². The van der Waals surface area contributed by atoms with E-state index in [2.05, 4.69) is 85.3 Å². The smallest absolute Gasteiger partial charge is 0.305 e. The minimum absolute atomic E-state index is 0.0160. The molecule has 9 heteroatoms. The summed E-state index contributed by atoms with van der Waals surface area (Å²) in [6.45, 7) is 18.2. The van der Waals surface area contributed by atoms with Gasteiger partial charge in [-0.2, -0.15) is 0 Å². The number of H-pyrrole nitrogens is 2. The fourth-order valence-electron chi connectivity index (χ4n) is 6.83. The maximum absolute atomic E-state index is 12.3. The van der Waals surface area contributed by atoms with E-state index in [0.29, 0.717) is 32.2 Å². The second-order valence-electron chi connectivity index (χ2n) is 13.2. The molecule has 3 aromatic rings. The number of ether oxygens (including phenoxy) is 1. The van der Waals surface area contributed by atoms with E-state index in [4.69, 9.17) is 14.7 Å². The summed E-state index contributed by atoms with van der Waals surface area (Å²) in [6.07, 6.45) is 5.25. The van der Waals surface area contributed by atoms with Crippen LogP contribution in [-0.2, 0) is 16.0 Å². The molecular weight excluding hydrogens is 600 g/mol. The van der Waals surface area contributed by atoms with Gasteiger partial charge in [-0.05, 0) is 101 Å². The highest BCUT2D eigenvalue weighted by Gasteiger charge is 2.30. The van der Waals surface area contributed by atoms with Crippen molar-refractivity contribution in [2.24, 2.45) is 0 Å². The monoisotopic (exact) mass is 650 g/mol. The van der Waals surface area contributed by atoms with Gasteiger partial charge in [-0.1, -0.05) is 32.2 Å². The molecule has 3 unspecified atom stereocenters. The predicted octanol–water partition coefficient (Wildman–Crippen LogP) is 6.93. The van der Waals surface area contributed by atoms with E-state index in [1.165, 1.54) is 7.11 Å². The Morgan fingerprint density at radius 1 is 1.00 bits per heavy atom. The molecule has 254 valence electrons. The van der Waals surface area contributed by atoms with Crippen LogP contribution in [-0.4, -0.2) is 76.4 Å². The first-order valence-corrected chi connectivity index (χ1v) is 16.8. The van der Waals surface area contributed by atoms with Gasteiger partial charge in [0.05, 0.1) is 18.5 Å². The average Bonchev–Trinajstić information content (AvgIpc) is 3.71. The molecular formula is C39H50N6O3. The topological polar surface area (TPSA) is 119 Å². The lowest BCUT2D eigenvalue weighted by Crippen LogP contribution is -2.34. The third kappa shape index (κ3) is 7.23. The van der Waals surface area contributed by atoms with Gasteiger partial charge in [-0.3, -0.25) is 15.1 Å². The molecule has 5 rings (SSSR count). The number of nitrogens with one attached hydrogen (secondary N) is 3. The Kier molecular flexibility index (Phi) is 10.8. The Balaban J connectivity index is 1.77. The van der Waals surface area contributed by atoms with Crippen molar-refractivity contribution in [3.05, 3.63) is 88.5 Å². The van der Waals surface area contributed by atoms with E-state index in [1.54, 1.807) is 0 Å². The van der Waals surface area contributed by atoms with Gasteiger partial charge in [0.1, 0.15) is 6.23 Å². The zero-order valence-corrected chi connectivity index (χ0v) is 29.5. The summed E-state index contributed by atoms with van der Waals surface area (Å²) in [7, 11) is 5.47. The number of likely N-dealkylation sites (N-methyl/N-ethyl adjacent to an activating group) is 1. The van der Waals surface area contributed by atoms with Crippen LogP contribution >= 0.6 is 0 Å². The lowest BCUT2D eigenvalue weighted by molar-refractivity contribution is -0.140. The number of hydrogen-bond donors (Lipinski definition) is 4. The van der Waals surface area contributed by atoms with Gasteiger partial charge < -0.3 is 24.7 Å². The van der Waals surface area contributed by atoms with Crippen molar-refractivity contribution in [2.75, 3.05) is 34.3 Å². The molecule has 0 aliphatic carbocycles. The van der Waals surface area contributed by atoms with Crippen molar-refractivity contribution in [2.45, 2.75) is 71.4 Å². The number of aryl methyl sites for hydroxylation is 3. The highest BCUT2D eigenvalue weighted by atomic mass is 16.5. The molecule has 0 saturated carbocycles. The van der Waals surface area contributed by atoms with E-state index in [9.17, 15) is 9.90 Å². The Bertz CT molecular complexity index is 1910. The zero-order valence-electron chi connectivity index (χ0n) is 29.5. The third-order valence-electron chi connectivity index (χ3n) is 9.88. The van der Waals surface area contributed by atoms with E-state index in [0.717, 1.165) is 84.8 Å². The van der Waals surface area contributed by atoms with Crippen LogP contribution in [0.2, 0.25) is 0 Å². The first-order chi connectivity index (χ1) is 22.9. The second-order valence-corrected chi connectivity index (χ2v) is 13.2. The summed E-state index contributed by atoms with van der Waals surface area (Å²) >= 11 is 0. The molecule has 2 aliphatic rings. The standard InChI is InChI=1S/C39H50N6O3/c1-10-26-22(3)30-18-31-25(6)29(13-15-39(47)48-9)37(43-31)21-36-28(12-14-38(46)40-16-17-45(7)8)24(5)33(44-36)20-35-27(11-2)23(4)32(42-35)19-34(26)41-30/h10-11,18-21,25,29,38,40-41,44,46H,1-2,12-17H2,3-9H3. The molecule has 9 nitrogen and oxygen atoms in total. The predicted molar refractivity (Wildman–Crippen MR) is 197 cm³/mol. The fraction of sp³-hybridized carbons (Fsp3) is 0.410. The molecule has 3 atom stereocenters. The van der Waals surface area contributed by atoms with Crippen LogP contribution < -0.4 is 5.32 Å². The van der Waals surface area contributed by atoms with Crippen LogP contribution in [0.3, 0.4) is 0 Å². The number of carbonyl (C=O) groups excluding carboxylic acids is 1. The van der Waals surface area contributed by atoms with E-state index in [-0.39, 0.29) is 17.8 Å². The molecule has 2 aliphatic heterocycles. The zero-order chi connectivity index (χ0) is 34.7. The van der Waals surface area contributed by atoms with Crippen molar-refractivity contribution in [3.63, 3.8) is 0 Å². The number of aromatic amines is 2. The molecule has 0 radical (unpaired) electrons. The summed E-state index contributed by atoms with van der Waals surface area (Å²) < 4.78 is 5.01. The van der Waals surface area contributed by atoms with Gasteiger partial charge in [0.15, 0.2) is 0 Å². The van der Waals surface area contributed by atoms with Crippen molar-refractivity contribution < 1.29 is 14.6 Å². The number of carbonyl (C=O) groups is 1. The molecule has 0 aromatic carbocycles. The third-order valence-corrected chi connectivity index (χ3v) is 9.88. The average molecular weight is 651 g/mol. The first-order valence-electron chi connectivity index (χ1n) is 16.8. The normalized spacial score (nSPS) is 16.8. The number of aromatic nitrogens is 4. The number of nitrogens with zero attached hydrogens (tertiary/aromatic N) is 3. The van der Waals surface area contributed by atoms with Crippen molar-refractivity contribution in [1.82, 2.24) is 30.2 Å². The number of fused-ring (bicyclic) bond motifs is 8. The molecule has 3 aromatic heterocycles. The van der Waals surface area contributed by atoms with Gasteiger partial charge in [0.25, 0.3) is 0 Å². The Labute approximate surface area is 283 Å². The highest BCUT2D eigenvalue weighted by molar-refractivity contribution is 5.97. The maximum atomic E-state index is 12.3. The SMILES string of the molecule is C=CC1=C(C)c2cc3[nH]c(cc4nc(cc5[nH]c(cc1n2)c(C)c5CCC(O)NCCN(C)C)C(CCC(=O)OC)C4C)c(C)c3C=C. The summed E-state index contributed by atoms with van der Waals surface area (Å²) in [4.78, 5) is 32.0. The molecule has 0 amide bonds. The summed E-state index contributed by atoms with van der Waals surface area (Å²) in [5.41, 5.74) is 13.7. The van der Waals surface area contributed by atoms with Gasteiger partial charge >= 0.3 is 5.97 Å². The van der Waals surface area contributed by atoms with Crippen LogP contribution in [0.4, 0.5) is 0 Å². The van der Waals surface area contributed by atoms with Crippen LogP contribution in [0.1, 0.15) is 90.0 Å². The van der Waals surface area contributed by atoms with Crippen LogP contribution in [0.15, 0.2) is 43.5 Å². The number of allylic oxidation sites excluding steroid dienone is 3. The number of hydrogen-bond acceptors (Lipinski definition) is 7. The molecule has 0 saturated heterocycles. The van der Waals surface area contributed by atoms with Gasteiger partial charge in [0.2, 0.25) is 0 Å². The van der Waals surface area contributed by atoms with Crippen LogP contribution in [0, 0.1) is 13.8 Å². The minimum atomic E-state index is -0.633. The number of methoxy groups -OCH3 is 1. The lowest BCUT2D eigenvalue weighted by Gasteiger charge is -2.16. The molecule has 0 fully saturated rings. The van der Waals surface area contributed by atoms with Crippen LogP contribution in [0.5, 0.6) is 0 Å². The number of aliphatic hydroxyl groups excluding tert-OH is 1. The summed E-state index contributed by atoms with van der Waals surface area (Å²) in [5.74, 6) is -0.141. The van der Waals surface area contributed by atoms with Crippen molar-refractivity contribution >= 4 is 45.3 Å². The van der Waals surface area contributed by atoms with E-state index < -0.39 is 6.23 Å². The van der Waals surface area contributed by atoms with Gasteiger partial charge in [-0.25, -0.2) is 4.98 Å². The lowest BCUT2D eigenvalue weighted by atomic mass is 9.87. The number of rotatable bonds is 12. The quantitative estimate of drug-likeness (QED) is 0.124. The molecule has 0 spiro atoms. The Hall–Kier alpha value is -4.31. The molecule has 8 bridgehead atoms. The highest BCUT2D eigenvalue weighted by Crippen LogP contribution is 2.41. The second kappa shape index (κ2) is 14.8. The van der Waals surface area contributed by atoms with E-state index in [1.807, 2.05) is 26.2 Å². The molecule has 5 heterocycles. The maximum Gasteiger partial charge on any atom is 0.305 e. The fourth-order valence-corrected chi connectivity index (χ4v) is 6.83. The van der Waals surface area contributed by atoms with Crippen molar-refractivity contribution in [1.29, 1.82) is 0 Å². The van der Waals surface area contributed by atoms with Crippen molar-refractivity contribution in [3.8, 4) is 0 Å². The largest absolute Gasteiger partial charge is 0.469 e. The molecule has 4 N–H and O–H groups in total. The van der Waals surface area contributed by atoms with E-state index >= 15 is 0 Å². The number of esters is 1. The van der Waals surface area contributed by atoms with Crippen LogP contribution in [0.25, 0.3) is 39.3 Å².